The number of hydrogen-bond donors (Lipinski definition) is 1. The van der Waals surface area contributed by atoms with Crippen LogP contribution in [0.3, 0.4) is 0 Å². The van der Waals surface area contributed by atoms with E-state index in [1.54, 1.807) is 30.3 Å². The van der Waals surface area contributed by atoms with Gasteiger partial charge in [-0.2, -0.15) is 5.26 Å². The van der Waals surface area contributed by atoms with E-state index in [0.717, 1.165) is 11.1 Å². The number of aliphatic hydroxyl groups excluding tert-OH is 1. The molecule has 1 amide bonds. The van der Waals surface area contributed by atoms with Crippen molar-refractivity contribution >= 4 is 5.91 Å². The van der Waals surface area contributed by atoms with Gasteiger partial charge in [-0.05, 0) is 29.3 Å². The molecule has 0 bridgehead atoms. The SMILES string of the molecule is N#Cc1ccccc1-c1cccc(C(=O)N2C[C@@H](O)[C@H](F)C2)c1. The Balaban J connectivity index is 1.92. The van der Waals surface area contributed by atoms with Gasteiger partial charge in [0, 0.05) is 12.1 Å². The summed E-state index contributed by atoms with van der Waals surface area (Å²) in [4.78, 5) is 13.8. The Morgan fingerprint density at radius 1 is 1.22 bits per heavy atom. The highest BCUT2D eigenvalue weighted by Crippen LogP contribution is 2.25. The Morgan fingerprint density at radius 2 is 2.00 bits per heavy atom. The number of nitriles is 1. The minimum Gasteiger partial charge on any atom is -0.388 e. The molecule has 0 saturated carbocycles. The number of halogens is 1. The largest absolute Gasteiger partial charge is 0.388 e. The molecule has 1 saturated heterocycles. The molecule has 5 heteroatoms. The molecule has 0 aliphatic carbocycles. The van der Waals surface area contributed by atoms with Gasteiger partial charge in [0.1, 0.15) is 12.3 Å². The van der Waals surface area contributed by atoms with Crippen LogP contribution in [0.25, 0.3) is 11.1 Å². The van der Waals surface area contributed by atoms with Crippen molar-refractivity contribution in [3.63, 3.8) is 0 Å². The summed E-state index contributed by atoms with van der Waals surface area (Å²) < 4.78 is 13.4. The van der Waals surface area contributed by atoms with E-state index in [9.17, 15) is 19.6 Å². The minimum absolute atomic E-state index is 0.000982. The van der Waals surface area contributed by atoms with Crippen molar-refractivity contribution in [3.05, 3.63) is 59.7 Å². The fourth-order valence-electron chi connectivity index (χ4n) is 2.75. The Hall–Kier alpha value is -2.71. The van der Waals surface area contributed by atoms with Gasteiger partial charge in [0.25, 0.3) is 5.91 Å². The molecule has 0 aromatic heterocycles. The predicted molar refractivity (Wildman–Crippen MR) is 83.4 cm³/mol. The number of carbonyl (C=O) groups excluding carboxylic acids is 1. The molecule has 1 fully saturated rings. The molecule has 2 aromatic rings. The molecule has 2 aromatic carbocycles. The third kappa shape index (κ3) is 2.94. The smallest absolute Gasteiger partial charge is 0.254 e. The fraction of sp³-hybridized carbons (Fsp3) is 0.222. The third-order valence-electron chi connectivity index (χ3n) is 3.98. The number of hydrogen-bond acceptors (Lipinski definition) is 3. The van der Waals surface area contributed by atoms with Gasteiger partial charge in [-0.25, -0.2) is 4.39 Å². The number of benzene rings is 2. The van der Waals surface area contributed by atoms with Crippen LogP contribution < -0.4 is 0 Å². The maximum Gasteiger partial charge on any atom is 0.254 e. The maximum absolute atomic E-state index is 13.4. The Morgan fingerprint density at radius 3 is 2.70 bits per heavy atom. The van der Waals surface area contributed by atoms with Crippen LogP contribution in [-0.2, 0) is 0 Å². The predicted octanol–water partition coefficient (Wildman–Crippen LogP) is 2.38. The monoisotopic (exact) mass is 310 g/mol. The van der Waals surface area contributed by atoms with Gasteiger partial charge in [0.2, 0.25) is 0 Å². The first kappa shape index (κ1) is 15.2. The number of alkyl halides is 1. The van der Waals surface area contributed by atoms with Crippen molar-refractivity contribution < 1.29 is 14.3 Å². The molecule has 3 rings (SSSR count). The molecule has 1 aliphatic heterocycles. The van der Waals surface area contributed by atoms with E-state index in [0.29, 0.717) is 11.1 Å². The summed E-state index contributed by atoms with van der Waals surface area (Å²) in [5.74, 6) is -0.319. The third-order valence-corrected chi connectivity index (χ3v) is 3.98. The summed E-state index contributed by atoms with van der Waals surface area (Å²) in [5.41, 5.74) is 2.44. The first-order valence-corrected chi connectivity index (χ1v) is 7.31. The van der Waals surface area contributed by atoms with Crippen LogP contribution in [0.2, 0.25) is 0 Å². The normalized spacial score (nSPS) is 20.3. The average Bonchev–Trinajstić information content (AvgIpc) is 2.93. The van der Waals surface area contributed by atoms with Crippen LogP contribution in [0, 0.1) is 11.3 Å². The van der Waals surface area contributed by atoms with Crippen molar-refractivity contribution in [2.45, 2.75) is 12.3 Å². The second-order valence-electron chi connectivity index (χ2n) is 5.53. The highest BCUT2D eigenvalue weighted by atomic mass is 19.1. The molecule has 2 atom stereocenters. The first-order valence-electron chi connectivity index (χ1n) is 7.31. The van der Waals surface area contributed by atoms with Crippen LogP contribution in [0.15, 0.2) is 48.5 Å². The lowest BCUT2D eigenvalue weighted by Crippen LogP contribution is -2.29. The lowest BCUT2D eigenvalue weighted by molar-refractivity contribution is 0.0764. The standard InChI is InChI=1S/C18H15FN2O2/c19-16-10-21(11-17(16)22)18(23)13-6-3-5-12(8-13)15-7-2-1-4-14(15)9-20/h1-8,16-17,22H,10-11H2/t16-,17-/m1/s1. The Kier molecular flexibility index (Phi) is 4.09. The Bertz CT molecular complexity index is 775. The highest BCUT2D eigenvalue weighted by molar-refractivity contribution is 5.96. The van der Waals surface area contributed by atoms with Crippen molar-refractivity contribution in [3.8, 4) is 17.2 Å². The fourth-order valence-corrected chi connectivity index (χ4v) is 2.75. The van der Waals surface area contributed by atoms with Crippen LogP contribution in [-0.4, -0.2) is 41.3 Å². The summed E-state index contributed by atoms with van der Waals surface area (Å²) in [7, 11) is 0. The zero-order valence-corrected chi connectivity index (χ0v) is 12.3. The van der Waals surface area contributed by atoms with Gasteiger partial charge in [-0.3, -0.25) is 4.79 Å². The molecular formula is C18H15FN2O2. The van der Waals surface area contributed by atoms with Crippen LogP contribution in [0.4, 0.5) is 4.39 Å². The first-order chi connectivity index (χ1) is 11.1. The zero-order valence-electron chi connectivity index (χ0n) is 12.3. The van der Waals surface area contributed by atoms with Gasteiger partial charge in [-0.1, -0.05) is 30.3 Å². The van der Waals surface area contributed by atoms with Crippen LogP contribution in [0.1, 0.15) is 15.9 Å². The van der Waals surface area contributed by atoms with Gasteiger partial charge >= 0.3 is 0 Å². The maximum atomic E-state index is 13.4. The minimum atomic E-state index is -1.40. The second-order valence-corrected chi connectivity index (χ2v) is 5.53. The zero-order chi connectivity index (χ0) is 16.4. The van der Waals surface area contributed by atoms with E-state index in [1.807, 2.05) is 18.2 Å². The molecule has 1 heterocycles. The van der Waals surface area contributed by atoms with Gasteiger partial charge < -0.3 is 10.0 Å². The lowest BCUT2D eigenvalue weighted by atomic mass is 9.98. The topological polar surface area (TPSA) is 64.3 Å². The average molecular weight is 310 g/mol. The van der Waals surface area contributed by atoms with E-state index >= 15 is 0 Å². The van der Waals surface area contributed by atoms with Crippen molar-refractivity contribution in [1.29, 1.82) is 5.26 Å². The van der Waals surface area contributed by atoms with E-state index in [1.165, 1.54) is 4.90 Å². The number of β-amino-alcohol motifs (C(OH)–C–C–N with tert-alkyl or cyclic N) is 1. The van der Waals surface area contributed by atoms with Crippen molar-refractivity contribution in [2.24, 2.45) is 0 Å². The van der Waals surface area contributed by atoms with Gasteiger partial charge in [-0.15, -0.1) is 0 Å². The molecule has 0 spiro atoms. The summed E-state index contributed by atoms with van der Waals surface area (Å²) >= 11 is 0. The van der Waals surface area contributed by atoms with Crippen molar-refractivity contribution in [2.75, 3.05) is 13.1 Å². The molecule has 116 valence electrons. The van der Waals surface area contributed by atoms with Crippen molar-refractivity contribution in [1.82, 2.24) is 4.90 Å². The van der Waals surface area contributed by atoms with Crippen LogP contribution >= 0.6 is 0 Å². The molecular weight excluding hydrogens is 295 g/mol. The second kappa shape index (κ2) is 6.19. The van der Waals surface area contributed by atoms with Gasteiger partial charge in [0.15, 0.2) is 0 Å². The number of aliphatic hydroxyl groups is 1. The molecule has 1 aliphatic rings. The summed E-state index contributed by atoms with van der Waals surface area (Å²) in [6.07, 6.45) is -2.53. The van der Waals surface area contributed by atoms with E-state index in [2.05, 4.69) is 6.07 Å². The summed E-state index contributed by atoms with van der Waals surface area (Å²) in [6, 6.07) is 16.2. The molecule has 0 radical (unpaired) electrons. The summed E-state index contributed by atoms with van der Waals surface area (Å²) in [5, 5.41) is 18.7. The Labute approximate surface area is 133 Å². The molecule has 0 unspecified atom stereocenters. The van der Waals surface area contributed by atoms with E-state index in [4.69, 9.17) is 0 Å². The molecule has 23 heavy (non-hydrogen) atoms. The number of carbonyl (C=O) groups is 1. The van der Waals surface area contributed by atoms with E-state index < -0.39 is 12.3 Å². The summed E-state index contributed by atoms with van der Waals surface area (Å²) in [6.45, 7) is -0.0992. The van der Waals surface area contributed by atoms with Gasteiger partial charge in [0.05, 0.1) is 18.2 Å². The van der Waals surface area contributed by atoms with Crippen LogP contribution in [0.5, 0.6) is 0 Å². The molecule has 1 N–H and O–H groups in total. The van der Waals surface area contributed by atoms with E-state index in [-0.39, 0.29) is 19.0 Å². The number of likely N-dealkylation sites (tertiary alicyclic amines) is 1. The molecule has 4 nitrogen and oxygen atoms in total. The number of nitrogens with zero attached hydrogens (tertiary/aromatic N) is 2. The lowest BCUT2D eigenvalue weighted by Gasteiger charge is -2.16. The highest BCUT2D eigenvalue weighted by Gasteiger charge is 2.34. The quantitative estimate of drug-likeness (QED) is 0.926. The number of rotatable bonds is 2. The number of amides is 1.